The predicted molar refractivity (Wildman–Crippen MR) is 96.3 cm³/mol. The van der Waals surface area contributed by atoms with E-state index in [0.29, 0.717) is 11.3 Å². The molecule has 0 bridgehead atoms. The van der Waals surface area contributed by atoms with E-state index >= 15 is 0 Å². The fraction of sp³-hybridized carbons (Fsp3) is 0.300. The normalized spacial score (nSPS) is 13.5. The molecule has 0 saturated heterocycles. The van der Waals surface area contributed by atoms with Crippen molar-refractivity contribution >= 4 is 23.2 Å². The number of nitrogens with one attached hydrogen (secondary N) is 1. The molecule has 0 atom stereocenters. The van der Waals surface area contributed by atoms with Gasteiger partial charge in [0.1, 0.15) is 5.82 Å². The van der Waals surface area contributed by atoms with Crippen LogP contribution in [0, 0.1) is 11.7 Å². The van der Waals surface area contributed by atoms with Gasteiger partial charge in [-0.1, -0.05) is 13.8 Å². The number of hydrogen-bond donors (Lipinski definition) is 1. The van der Waals surface area contributed by atoms with Crippen molar-refractivity contribution in [2.24, 2.45) is 5.92 Å². The van der Waals surface area contributed by atoms with Gasteiger partial charge in [-0.2, -0.15) is 0 Å². The molecule has 25 heavy (non-hydrogen) atoms. The highest BCUT2D eigenvalue weighted by atomic mass is 19.1. The summed E-state index contributed by atoms with van der Waals surface area (Å²) in [5.74, 6) is -0.598. The number of rotatable bonds is 3. The number of halogens is 1. The SMILES string of the molecule is CC(C)C(=O)N1CCCc2cc(NC(=O)c3ccc(F)cc3)ccc21. The van der Waals surface area contributed by atoms with Crippen LogP contribution in [0.15, 0.2) is 42.5 Å². The van der Waals surface area contributed by atoms with E-state index in [9.17, 15) is 14.0 Å². The minimum atomic E-state index is -0.375. The third-order valence-electron chi connectivity index (χ3n) is 4.32. The molecule has 2 aromatic rings. The molecule has 3 rings (SSSR count). The quantitative estimate of drug-likeness (QED) is 0.918. The van der Waals surface area contributed by atoms with Crippen LogP contribution in [0.25, 0.3) is 0 Å². The van der Waals surface area contributed by atoms with Gasteiger partial charge in [0, 0.05) is 29.4 Å². The molecule has 2 aromatic carbocycles. The fourth-order valence-corrected chi connectivity index (χ4v) is 3.02. The largest absolute Gasteiger partial charge is 0.322 e. The van der Waals surface area contributed by atoms with Gasteiger partial charge < -0.3 is 10.2 Å². The van der Waals surface area contributed by atoms with Crippen molar-refractivity contribution < 1.29 is 14.0 Å². The first-order valence-electron chi connectivity index (χ1n) is 8.47. The zero-order valence-electron chi connectivity index (χ0n) is 14.4. The zero-order chi connectivity index (χ0) is 18.0. The minimum absolute atomic E-state index is 0.0520. The molecule has 1 aliphatic rings. The Morgan fingerprint density at radius 2 is 1.84 bits per heavy atom. The first-order chi connectivity index (χ1) is 12.0. The molecule has 4 nitrogen and oxygen atoms in total. The molecule has 0 unspecified atom stereocenters. The van der Waals surface area contributed by atoms with E-state index in [1.54, 1.807) is 6.07 Å². The van der Waals surface area contributed by atoms with Gasteiger partial charge in [0.25, 0.3) is 5.91 Å². The average Bonchev–Trinajstić information content (AvgIpc) is 2.60. The summed E-state index contributed by atoms with van der Waals surface area (Å²) in [6.45, 7) is 4.52. The standard InChI is InChI=1S/C20H21FN2O2/c1-13(2)20(25)23-11-3-4-15-12-17(9-10-18(15)23)22-19(24)14-5-7-16(21)8-6-14/h5-10,12-13H,3-4,11H2,1-2H3,(H,22,24). The van der Waals surface area contributed by atoms with Crippen molar-refractivity contribution in [1.82, 2.24) is 0 Å². The first-order valence-corrected chi connectivity index (χ1v) is 8.47. The molecule has 1 aliphatic heterocycles. The Bertz CT molecular complexity index is 800. The van der Waals surface area contributed by atoms with Crippen molar-refractivity contribution in [2.75, 3.05) is 16.8 Å². The lowest BCUT2D eigenvalue weighted by Crippen LogP contribution is -2.38. The van der Waals surface area contributed by atoms with E-state index in [4.69, 9.17) is 0 Å². The summed E-state index contributed by atoms with van der Waals surface area (Å²) in [5, 5.41) is 2.83. The molecule has 5 heteroatoms. The lowest BCUT2D eigenvalue weighted by molar-refractivity contribution is -0.121. The third-order valence-corrected chi connectivity index (χ3v) is 4.32. The second-order valence-corrected chi connectivity index (χ2v) is 6.55. The first kappa shape index (κ1) is 17.1. The van der Waals surface area contributed by atoms with Crippen molar-refractivity contribution in [2.45, 2.75) is 26.7 Å². The lowest BCUT2D eigenvalue weighted by atomic mass is 9.99. The molecule has 130 valence electrons. The number of benzene rings is 2. The summed E-state index contributed by atoms with van der Waals surface area (Å²) in [5.41, 5.74) is 3.05. The number of carbonyl (C=O) groups excluding carboxylic acids is 2. The summed E-state index contributed by atoms with van der Waals surface area (Å²) in [4.78, 5) is 26.4. The van der Waals surface area contributed by atoms with E-state index in [2.05, 4.69) is 5.32 Å². The van der Waals surface area contributed by atoms with Gasteiger partial charge in [-0.15, -0.1) is 0 Å². The van der Waals surface area contributed by atoms with Gasteiger partial charge in [0.2, 0.25) is 5.91 Å². The smallest absolute Gasteiger partial charge is 0.255 e. The highest BCUT2D eigenvalue weighted by Gasteiger charge is 2.24. The van der Waals surface area contributed by atoms with Gasteiger partial charge in [0.15, 0.2) is 0 Å². The average molecular weight is 340 g/mol. The molecule has 1 N–H and O–H groups in total. The highest BCUT2D eigenvalue weighted by molar-refractivity contribution is 6.04. The molecule has 0 aliphatic carbocycles. The molecule has 0 radical (unpaired) electrons. The number of anilines is 2. The Balaban J connectivity index is 1.80. The lowest BCUT2D eigenvalue weighted by Gasteiger charge is -2.31. The summed E-state index contributed by atoms with van der Waals surface area (Å²) in [6.07, 6.45) is 1.78. The van der Waals surface area contributed by atoms with Crippen molar-refractivity contribution in [3.05, 3.63) is 59.4 Å². The molecule has 2 amide bonds. The van der Waals surface area contributed by atoms with Crippen LogP contribution in [0.3, 0.4) is 0 Å². The van der Waals surface area contributed by atoms with Crippen LogP contribution in [0.4, 0.5) is 15.8 Å². The van der Waals surface area contributed by atoms with Crippen molar-refractivity contribution in [3.63, 3.8) is 0 Å². The third kappa shape index (κ3) is 3.71. The van der Waals surface area contributed by atoms with E-state index in [-0.39, 0.29) is 23.5 Å². The highest BCUT2D eigenvalue weighted by Crippen LogP contribution is 2.30. The Morgan fingerprint density at radius 3 is 2.52 bits per heavy atom. The van der Waals surface area contributed by atoms with E-state index < -0.39 is 0 Å². The van der Waals surface area contributed by atoms with E-state index in [1.807, 2.05) is 30.9 Å². The maximum Gasteiger partial charge on any atom is 0.255 e. The molecular formula is C20H21FN2O2. The zero-order valence-corrected chi connectivity index (χ0v) is 14.4. The van der Waals surface area contributed by atoms with Crippen molar-refractivity contribution in [3.8, 4) is 0 Å². The molecule has 0 aromatic heterocycles. The summed E-state index contributed by atoms with van der Waals surface area (Å²) < 4.78 is 13.0. The van der Waals surface area contributed by atoms with Gasteiger partial charge in [-0.25, -0.2) is 4.39 Å². The Labute approximate surface area is 146 Å². The summed E-state index contributed by atoms with van der Waals surface area (Å²) in [7, 11) is 0. The number of carbonyl (C=O) groups is 2. The van der Waals surface area contributed by atoms with Crippen LogP contribution >= 0.6 is 0 Å². The van der Waals surface area contributed by atoms with Crippen LogP contribution in [0.2, 0.25) is 0 Å². The maximum atomic E-state index is 13.0. The Morgan fingerprint density at radius 1 is 1.12 bits per heavy atom. The van der Waals surface area contributed by atoms with Gasteiger partial charge in [-0.3, -0.25) is 9.59 Å². The fourth-order valence-electron chi connectivity index (χ4n) is 3.02. The van der Waals surface area contributed by atoms with Crippen molar-refractivity contribution in [1.29, 1.82) is 0 Å². The van der Waals surface area contributed by atoms with Crippen LogP contribution in [-0.2, 0) is 11.2 Å². The minimum Gasteiger partial charge on any atom is -0.322 e. The second-order valence-electron chi connectivity index (χ2n) is 6.55. The summed E-state index contributed by atoms with van der Waals surface area (Å²) in [6, 6.07) is 11.0. The van der Waals surface area contributed by atoms with Crippen LogP contribution in [0.1, 0.15) is 36.2 Å². The van der Waals surface area contributed by atoms with Gasteiger partial charge in [-0.05, 0) is 60.9 Å². The molecular weight excluding hydrogens is 319 g/mol. The monoisotopic (exact) mass is 340 g/mol. The second kappa shape index (κ2) is 7.05. The van der Waals surface area contributed by atoms with E-state index in [0.717, 1.165) is 30.6 Å². The van der Waals surface area contributed by atoms with E-state index in [1.165, 1.54) is 24.3 Å². The molecule has 0 spiro atoms. The van der Waals surface area contributed by atoms with Crippen LogP contribution in [-0.4, -0.2) is 18.4 Å². The maximum absolute atomic E-state index is 13.0. The predicted octanol–water partition coefficient (Wildman–Crippen LogP) is 4.01. The van der Waals surface area contributed by atoms with Gasteiger partial charge in [0.05, 0.1) is 0 Å². The number of nitrogens with zero attached hydrogens (tertiary/aromatic N) is 1. The Kier molecular flexibility index (Phi) is 4.83. The Hall–Kier alpha value is -2.69. The van der Waals surface area contributed by atoms with Crippen LogP contribution < -0.4 is 10.2 Å². The molecule has 0 saturated carbocycles. The topological polar surface area (TPSA) is 49.4 Å². The number of fused-ring (bicyclic) bond motifs is 1. The number of amides is 2. The molecule has 0 fully saturated rings. The summed E-state index contributed by atoms with van der Waals surface area (Å²) >= 11 is 0. The molecule has 1 heterocycles. The number of aryl methyl sites for hydroxylation is 1. The van der Waals surface area contributed by atoms with Crippen LogP contribution in [0.5, 0.6) is 0 Å². The number of hydrogen-bond acceptors (Lipinski definition) is 2. The van der Waals surface area contributed by atoms with Gasteiger partial charge >= 0.3 is 0 Å².